The third kappa shape index (κ3) is 3.11. The Balaban J connectivity index is 1.80. The Hall–Kier alpha value is -1.33. The van der Waals surface area contributed by atoms with Crippen LogP contribution in [0.3, 0.4) is 0 Å². The average Bonchev–Trinajstić information content (AvgIpc) is 2.95. The minimum Gasteiger partial charge on any atom is -0.348 e. The Labute approximate surface area is 112 Å². The highest BCUT2D eigenvalue weighted by Crippen LogP contribution is 2.11. The van der Waals surface area contributed by atoms with Crippen molar-refractivity contribution in [2.75, 3.05) is 25.5 Å². The van der Waals surface area contributed by atoms with Gasteiger partial charge in [0.1, 0.15) is 0 Å². The number of nitrogens with one attached hydrogen (secondary N) is 1. The molecule has 4 nitrogen and oxygen atoms in total. The van der Waals surface area contributed by atoms with E-state index in [0.717, 1.165) is 25.5 Å². The summed E-state index contributed by atoms with van der Waals surface area (Å²) in [5.41, 5.74) is 1.21. The van der Waals surface area contributed by atoms with Crippen LogP contribution in [0.15, 0.2) is 23.7 Å². The van der Waals surface area contributed by atoms with Crippen LogP contribution in [0.1, 0.15) is 10.6 Å². The molecule has 0 unspecified atom stereocenters. The summed E-state index contributed by atoms with van der Waals surface area (Å²) in [6.07, 6.45) is 3.03. The van der Waals surface area contributed by atoms with Crippen molar-refractivity contribution in [2.24, 2.45) is 7.05 Å². The Morgan fingerprint density at radius 2 is 2.28 bits per heavy atom. The second-order valence-electron chi connectivity index (χ2n) is 4.51. The summed E-state index contributed by atoms with van der Waals surface area (Å²) in [5.74, 6) is 0.991. The maximum atomic E-state index is 4.39. The summed E-state index contributed by atoms with van der Waals surface area (Å²) in [7, 11) is 6.07. The lowest BCUT2D eigenvalue weighted by molar-refractivity contribution is 0.654. The van der Waals surface area contributed by atoms with E-state index in [9.17, 15) is 0 Å². The van der Waals surface area contributed by atoms with Crippen LogP contribution in [-0.4, -0.2) is 30.2 Å². The van der Waals surface area contributed by atoms with E-state index >= 15 is 0 Å². The summed E-state index contributed by atoms with van der Waals surface area (Å²) in [4.78, 5) is 7.85. The normalized spacial score (nSPS) is 10.8. The summed E-state index contributed by atoms with van der Waals surface area (Å²) in [6.45, 7) is 1.87. The Morgan fingerprint density at radius 3 is 2.89 bits per heavy atom. The monoisotopic (exact) mass is 264 g/mol. The van der Waals surface area contributed by atoms with Gasteiger partial charge in [-0.05, 0) is 17.9 Å². The van der Waals surface area contributed by atoms with Crippen LogP contribution in [0.5, 0.6) is 0 Å². The molecule has 0 aliphatic rings. The molecule has 2 rings (SSSR count). The molecule has 18 heavy (non-hydrogen) atoms. The van der Waals surface area contributed by atoms with Gasteiger partial charge in [0.2, 0.25) is 5.95 Å². The van der Waals surface area contributed by atoms with Gasteiger partial charge in [-0.15, -0.1) is 11.3 Å². The highest BCUT2D eigenvalue weighted by molar-refractivity contribution is 7.09. The van der Waals surface area contributed by atoms with Crippen molar-refractivity contribution in [3.8, 4) is 0 Å². The first-order valence-corrected chi connectivity index (χ1v) is 6.97. The molecule has 0 spiro atoms. The van der Waals surface area contributed by atoms with E-state index in [-0.39, 0.29) is 0 Å². The van der Waals surface area contributed by atoms with Gasteiger partial charge in [-0.3, -0.25) is 0 Å². The molecule has 5 heteroatoms. The number of nitrogens with zero attached hydrogens (tertiary/aromatic N) is 3. The van der Waals surface area contributed by atoms with E-state index < -0.39 is 0 Å². The first kappa shape index (κ1) is 13.1. The predicted molar refractivity (Wildman–Crippen MR) is 77.3 cm³/mol. The largest absolute Gasteiger partial charge is 0.348 e. The van der Waals surface area contributed by atoms with Crippen LogP contribution in [0.4, 0.5) is 5.95 Å². The first-order valence-electron chi connectivity index (χ1n) is 6.09. The quantitative estimate of drug-likeness (QED) is 0.809. The van der Waals surface area contributed by atoms with Gasteiger partial charge >= 0.3 is 0 Å². The Morgan fingerprint density at radius 1 is 1.44 bits per heavy atom. The van der Waals surface area contributed by atoms with E-state index in [1.807, 2.05) is 36.5 Å². The fourth-order valence-electron chi connectivity index (χ4n) is 1.90. The molecule has 0 atom stereocenters. The number of imidazole rings is 1. The van der Waals surface area contributed by atoms with Crippen molar-refractivity contribution >= 4 is 17.3 Å². The van der Waals surface area contributed by atoms with Crippen molar-refractivity contribution in [1.29, 1.82) is 0 Å². The second-order valence-corrected chi connectivity index (χ2v) is 5.54. The number of hydrogen-bond acceptors (Lipinski definition) is 4. The molecule has 0 aliphatic heterocycles. The van der Waals surface area contributed by atoms with Gasteiger partial charge in [-0.1, -0.05) is 6.07 Å². The SMILES string of the molecule is CN(C)c1ncc(CNCCc2cccs2)n1C. The molecule has 0 saturated heterocycles. The highest BCUT2D eigenvalue weighted by Gasteiger charge is 2.07. The van der Waals surface area contributed by atoms with Crippen LogP contribution in [0.2, 0.25) is 0 Å². The van der Waals surface area contributed by atoms with E-state index in [2.05, 4.69) is 39.4 Å². The van der Waals surface area contributed by atoms with E-state index in [1.54, 1.807) is 0 Å². The lowest BCUT2D eigenvalue weighted by Crippen LogP contribution is -2.19. The summed E-state index contributed by atoms with van der Waals surface area (Å²) in [6, 6.07) is 4.28. The molecule has 2 aromatic rings. The maximum absolute atomic E-state index is 4.39. The predicted octanol–water partition coefficient (Wildman–Crippen LogP) is 1.88. The van der Waals surface area contributed by atoms with Crippen LogP contribution < -0.4 is 10.2 Å². The first-order chi connectivity index (χ1) is 8.68. The topological polar surface area (TPSA) is 33.1 Å². The van der Waals surface area contributed by atoms with Gasteiger partial charge < -0.3 is 14.8 Å². The number of rotatable bonds is 6. The van der Waals surface area contributed by atoms with E-state index in [4.69, 9.17) is 0 Å². The third-order valence-electron chi connectivity index (χ3n) is 2.89. The zero-order valence-corrected chi connectivity index (χ0v) is 12.0. The van der Waals surface area contributed by atoms with Crippen molar-refractivity contribution in [1.82, 2.24) is 14.9 Å². The summed E-state index contributed by atoms with van der Waals surface area (Å²) >= 11 is 1.82. The van der Waals surface area contributed by atoms with E-state index in [0.29, 0.717) is 0 Å². The van der Waals surface area contributed by atoms with Crippen molar-refractivity contribution in [3.63, 3.8) is 0 Å². The molecule has 0 aliphatic carbocycles. The molecule has 0 saturated carbocycles. The van der Waals surface area contributed by atoms with Crippen molar-refractivity contribution in [3.05, 3.63) is 34.3 Å². The van der Waals surface area contributed by atoms with Gasteiger partial charge in [-0.2, -0.15) is 0 Å². The average molecular weight is 264 g/mol. The number of thiophene rings is 1. The van der Waals surface area contributed by atoms with Gasteiger partial charge in [0.05, 0.1) is 11.9 Å². The van der Waals surface area contributed by atoms with Crippen LogP contribution >= 0.6 is 11.3 Å². The summed E-state index contributed by atoms with van der Waals surface area (Å²) < 4.78 is 2.12. The zero-order valence-electron chi connectivity index (χ0n) is 11.2. The lowest BCUT2D eigenvalue weighted by Gasteiger charge is -2.12. The standard InChI is InChI=1S/C13H20N4S/c1-16(2)13-15-10-11(17(13)3)9-14-7-6-12-5-4-8-18-12/h4-5,8,10,14H,6-7,9H2,1-3H3. The van der Waals surface area contributed by atoms with Crippen molar-refractivity contribution in [2.45, 2.75) is 13.0 Å². The lowest BCUT2D eigenvalue weighted by atomic mass is 10.3. The van der Waals surface area contributed by atoms with Gasteiger partial charge in [-0.25, -0.2) is 4.98 Å². The number of hydrogen-bond donors (Lipinski definition) is 1. The molecule has 98 valence electrons. The van der Waals surface area contributed by atoms with Crippen LogP contribution in [0, 0.1) is 0 Å². The molecule has 1 N–H and O–H groups in total. The smallest absolute Gasteiger partial charge is 0.204 e. The third-order valence-corrected chi connectivity index (χ3v) is 3.83. The van der Waals surface area contributed by atoms with Crippen molar-refractivity contribution < 1.29 is 0 Å². The molecular formula is C13H20N4S. The molecular weight excluding hydrogens is 244 g/mol. The van der Waals surface area contributed by atoms with Gasteiger partial charge in [0.25, 0.3) is 0 Å². The fraction of sp³-hybridized carbons (Fsp3) is 0.462. The van der Waals surface area contributed by atoms with Gasteiger partial charge in [0, 0.05) is 39.1 Å². The maximum Gasteiger partial charge on any atom is 0.204 e. The molecule has 0 radical (unpaired) electrons. The van der Waals surface area contributed by atoms with Crippen LogP contribution in [0.25, 0.3) is 0 Å². The Kier molecular flexibility index (Phi) is 4.38. The molecule has 2 heterocycles. The number of anilines is 1. The summed E-state index contributed by atoms with van der Waals surface area (Å²) in [5, 5.41) is 5.59. The van der Waals surface area contributed by atoms with E-state index in [1.165, 1.54) is 10.6 Å². The molecule has 0 fully saturated rings. The highest BCUT2D eigenvalue weighted by atomic mass is 32.1. The second kappa shape index (κ2) is 6.02. The molecule has 0 aromatic carbocycles. The molecule has 0 amide bonds. The van der Waals surface area contributed by atoms with Gasteiger partial charge in [0.15, 0.2) is 0 Å². The minimum atomic E-state index is 0.864. The minimum absolute atomic E-state index is 0.864. The molecule has 0 bridgehead atoms. The zero-order chi connectivity index (χ0) is 13.0. The van der Waals surface area contributed by atoms with Crippen LogP contribution in [-0.2, 0) is 20.0 Å². The number of aromatic nitrogens is 2. The Bertz CT molecular complexity index is 473. The fourth-order valence-corrected chi connectivity index (χ4v) is 2.61. The molecule has 2 aromatic heterocycles.